The maximum atomic E-state index is 12.7. The van der Waals surface area contributed by atoms with Gasteiger partial charge < -0.3 is 15.2 Å². The van der Waals surface area contributed by atoms with Crippen molar-refractivity contribution in [3.8, 4) is 23.1 Å². The fourth-order valence-electron chi connectivity index (χ4n) is 3.28. The Morgan fingerprint density at radius 3 is 2.74 bits per heavy atom. The number of carbonyl (C=O) groups excluding carboxylic acids is 2. The van der Waals surface area contributed by atoms with Crippen molar-refractivity contribution >= 4 is 29.2 Å². The van der Waals surface area contributed by atoms with Crippen molar-refractivity contribution in [2.45, 2.75) is 6.92 Å². The van der Waals surface area contributed by atoms with Crippen LogP contribution in [0.2, 0.25) is 5.02 Å². The van der Waals surface area contributed by atoms with Crippen LogP contribution < -0.4 is 15.5 Å². The van der Waals surface area contributed by atoms with Crippen LogP contribution in [-0.2, 0) is 0 Å². The van der Waals surface area contributed by atoms with Gasteiger partial charge in [-0.05, 0) is 37.3 Å². The van der Waals surface area contributed by atoms with E-state index < -0.39 is 0 Å². The number of nitrogens with zero attached hydrogens (tertiary/aromatic N) is 2. The van der Waals surface area contributed by atoms with Crippen LogP contribution >= 0.6 is 11.6 Å². The van der Waals surface area contributed by atoms with E-state index in [4.69, 9.17) is 16.1 Å². The number of rotatable bonds is 4. The van der Waals surface area contributed by atoms with E-state index in [-0.39, 0.29) is 18.5 Å². The molecule has 1 aromatic heterocycles. The maximum absolute atomic E-state index is 12.7. The smallest absolute Gasteiger partial charge is 0.321 e. The number of aromatic nitrogens is 1. The summed E-state index contributed by atoms with van der Waals surface area (Å²) in [5.74, 6) is 6.00. The average Bonchev–Trinajstić information content (AvgIpc) is 3.37. The third kappa shape index (κ3) is 4.39. The number of carbonyl (C=O) groups is 2. The molecule has 0 bridgehead atoms. The predicted octanol–water partition coefficient (Wildman–Crippen LogP) is 3.61. The summed E-state index contributed by atoms with van der Waals surface area (Å²) >= 11 is 6.24. The molecule has 2 N–H and O–H groups in total. The second-order valence-electron chi connectivity index (χ2n) is 6.86. The molecular weight excluding hydrogens is 416 g/mol. The Morgan fingerprint density at radius 2 is 2.03 bits per heavy atom. The van der Waals surface area contributed by atoms with Gasteiger partial charge in [0.05, 0.1) is 11.6 Å². The first-order valence-electron chi connectivity index (χ1n) is 9.68. The third-order valence-corrected chi connectivity index (χ3v) is 5.15. The Balaban J connectivity index is 1.41. The van der Waals surface area contributed by atoms with Gasteiger partial charge >= 0.3 is 6.03 Å². The number of hydrogen-bond donors (Lipinski definition) is 2. The number of halogens is 1. The lowest BCUT2D eigenvalue weighted by molar-refractivity contribution is 0.0957. The number of hydrogen-bond acceptors (Lipinski definition) is 4. The highest BCUT2D eigenvalue weighted by Crippen LogP contribution is 2.30. The minimum absolute atomic E-state index is 0.0956. The molecule has 8 heteroatoms. The Bertz CT molecular complexity index is 1190. The first kappa shape index (κ1) is 20.5. The average molecular weight is 435 g/mol. The van der Waals surface area contributed by atoms with Gasteiger partial charge in [-0.25, -0.2) is 4.79 Å². The fourth-order valence-corrected chi connectivity index (χ4v) is 3.50. The maximum Gasteiger partial charge on any atom is 0.321 e. The molecule has 1 saturated heterocycles. The highest BCUT2D eigenvalue weighted by atomic mass is 35.5. The topological polar surface area (TPSA) is 87.5 Å². The molecule has 2 heterocycles. The second kappa shape index (κ2) is 8.94. The van der Waals surface area contributed by atoms with Crippen LogP contribution in [0.25, 0.3) is 11.3 Å². The summed E-state index contributed by atoms with van der Waals surface area (Å²) in [6.45, 7) is 3.12. The number of benzene rings is 2. The molecule has 3 amide bonds. The zero-order chi connectivity index (χ0) is 21.8. The molecule has 156 valence electrons. The molecule has 2 aromatic carbocycles. The number of amides is 3. The van der Waals surface area contributed by atoms with E-state index in [1.807, 2.05) is 30.3 Å². The van der Waals surface area contributed by atoms with E-state index in [0.29, 0.717) is 40.7 Å². The lowest BCUT2D eigenvalue weighted by Gasteiger charge is -2.13. The minimum atomic E-state index is -0.335. The summed E-state index contributed by atoms with van der Waals surface area (Å²) in [6.07, 6.45) is 0. The first-order chi connectivity index (χ1) is 15.0. The van der Waals surface area contributed by atoms with E-state index >= 15 is 0 Å². The van der Waals surface area contributed by atoms with Crippen LogP contribution in [0.1, 0.15) is 21.7 Å². The van der Waals surface area contributed by atoms with E-state index in [2.05, 4.69) is 27.6 Å². The van der Waals surface area contributed by atoms with Crippen LogP contribution in [0.15, 0.2) is 53.1 Å². The largest absolute Gasteiger partial charge is 0.360 e. The second-order valence-corrected chi connectivity index (χ2v) is 7.26. The van der Waals surface area contributed by atoms with E-state index in [1.165, 1.54) is 0 Å². The van der Waals surface area contributed by atoms with E-state index in [1.54, 1.807) is 30.0 Å². The molecule has 4 rings (SSSR count). The standard InChI is InChI=1S/C23H19ClN4O3/c1-15-20(21(27-31-15)18-6-2-3-7-19(18)24)22(29)25-12-4-5-16-8-10-17(11-9-16)28-14-13-26-23(28)30/h2-3,6-11H,12-14H2,1H3,(H,25,29)(H,26,30). The molecule has 31 heavy (non-hydrogen) atoms. The van der Waals surface area contributed by atoms with Crippen LogP contribution in [0, 0.1) is 18.8 Å². The zero-order valence-electron chi connectivity index (χ0n) is 16.7. The molecule has 7 nitrogen and oxygen atoms in total. The Labute approximate surface area is 184 Å². The van der Waals surface area contributed by atoms with E-state index in [0.717, 1.165) is 11.3 Å². The van der Waals surface area contributed by atoms with Crippen molar-refractivity contribution in [3.05, 3.63) is 70.4 Å². The van der Waals surface area contributed by atoms with Crippen molar-refractivity contribution in [3.63, 3.8) is 0 Å². The van der Waals surface area contributed by atoms with Gasteiger partial charge in [-0.2, -0.15) is 0 Å². The van der Waals surface area contributed by atoms with Crippen molar-refractivity contribution in [2.75, 3.05) is 24.5 Å². The van der Waals surface area contributed by atoms with Crippen LogP contribution in [-0.4, -0.2) is 36.7 Å². The number of nitrogens with one attached hydrogen (secondary N) is 2. The lowest BCUT2D eigenvalue weighted by Crippen LogP contribution is -2.27. The summed E-state index contributed by atoms with van der Waals surface area (Å²) in [6, 6.07) is 14.4. The molecule has 0 unspecified atom stereocenters. The van der Waals surface area contributed by atoms with Crippen molar-refractivity contribution in [1.29, 1.82) is 0 Å². The fraction of sp³-hybridized carbons (Fsp3) is 0.174. The Kier molecular flexibility index (Phi) is 5.92. The van der Waals surface area contributed by atoms with Crippen molar-refractivity contribution in [1.82, 2.24) is 15.8 Å². The first-order valence-corrected chi connectivity index (χ1v) is 10.1. The van der Waals surface area contributed by atoms with Crippen LogP contribution in [0.3, 0.4) is 0 Å². The summed E-state index contributed by atoms with van der Waals surface area (Å²) in [4.78, 5) is 26.1. The molecule has 3 aromatic rings. The molecule has 0 saturated carbocycles. The molecular formula is C23H19ClN4O3. The summed E-state index contributed by atoms with van der Waals surface area (Å²) in [7, 11) is 0. The normalized spacial score (nSPS) is 12.8. The molecule has 1 aliphatic heterocycles. The Morgan fingerprint density at radius 1 is 1.26 bits per heavy atom. The van der Waals surface area contributed by atoms with Crippen LogP contribution in [0.5, 0.6) is 0 Å². The lowest BCUT2D eigenvalue weighted by atomic mass is 10.1. The molecule has 1 aliphatic rings. The summed E-state index contributed by atoms with van der Waals surface area (Å²) in [5.41, 5.74) is 2.97. The van der Waals surface area contributed by atoms with Gasteiger partial charge in [-0.15, -0.1) is 0 Å². The van der Waals surface area contributed by atoms with Gasteiger partial charge in [0.15, 0.2) is 0 Å². The quantitative estimate of drug-likeness (QED) is 0.614. The molecule has 0 radical (unpaired) electrons. The SMILES string of the molecule is Cc1onc(-c2ccccc2Cl)c1C(=O)NCC#Cc1ccc(N2CCNC2=O)cc1. The minimum Gasteiger partial charge on any atom is -0.360 e. The summed E-state index contributed by atoms with van der Waals surface area (Å²) in [5, 5.41) is 10.0. The molecule has 0 aliphatic carbocycles. The van der Waals surface area contributed by atoms with Gasteiger partial charge in [-0.1, -0.05) is 46.8 Å². The van der Waals surface area contributed by atoms with E-state index in [9.17, 15) is 9.59 Å². The van der Waals surface area contributed by atoms with Gasteiger partial charge in [0.2, 0.25) is 0 Å². The van der Waals surface area contributed by atoms with Crippen LogP contribution in [0.4, 0.5) is 10.5 Å². The monoisotopic (exact) mass is 434 g/mol. The zero-order valence-corrected chi connectivity index (χ0v) is 17.5. The van der Waals surface area contributed by atoms with Gasteiger partial charge in [-0.3, -0.25) is 9.69 Å². The highest BCUT2D eigenvalue weighted by Gasteiger charge is 2.22. The number of anilines is 1. The molecule has 0 spiro atoms. The van der Waals surface area contributed by atoms with Crippen molar-refractivity contribution in [2.24, 2.45) is 0 Å². The molecule has 0 atom stereocenters. The number of urea groups is 1. The Hall–Kier alpha value is -3.76. The van der Waals surface area contributed by atoms with Gasteiger partial charge in [0, 0.05) is 29.9 Å². The molecule has 1 fully saturated rings. The predicted molar refractivity (Wildman–Crippen MR) is 118 cm³/mol. The summed E-state index contributed by atoms with van der Waals surface area (Å²) < 4.78 is 5.22. The van der Waals surface area contributed by atoms with Gasteiger partial charge in [0.25, 0.3) is 5.91 Å². The highest BCUT2D eigenvalue weighted by molar-refractivity contribution is 6.33. The van der Waals surface area contributed by atoms with Crippen molar-refractivity contribution < 1.29 is 14.1 Å². The number of aryl methyl sites for hydroxylation is 1. The van der Waals surface area contributed by atoms with Gasteiger partial charge in [0.1, 0.15) is 17.0 Å². The third-order valence-electron chi connectivity index (χ3n) is 4.82.